The highest BCUT2D eigenvalue weighted by Gasteiger charge is 2.20. The number of hydrogen-bond acceptors (Lipinski definition) is 4. The third kappa shape index (κ3) is 4.45. The van der Waals surface area contributed by atoms with Crippen LogP contribution in [0.25, 0.3) is 0 Å². The van der Waals surface area contributed by atoms with Crippen LogP contribution >= 0.6 is 11.6 Å². The Morgan fingerprint density at radius 3 is 2.63 bits per heavy atom. The highest BCUT2D eigenvalue weighted by Crippen LogP contribution is 2.26. The van der Waals surface area contributed by atoms with Crippen LogP contribution in [-0.4, -0.2) is 30.7 Å². The van der Waals surface area contributed by atoms with Crippen molar-refractivity contribution in [3.05, 3.63) is 23.2 Å². The van der Waals surface area contributed by atoms with Crippen LogP contribution in [0.15, 0.2) is 23.1 Å². The molecule has 0 heterocycles. The largest absolute Gasteiger partial charge is 0.398 e. The van der Waals surface area contributed by atoms with E-state index in [1.165, 1.54) is 12.1 Å². The molecule has 0 aliphatic heterocycles. The maximum atomic E-state index is 12.1. The van der Waals surface area contributed by atoms with Crippen LogP contribution in [0.5, 0.6) is 0 Å². The minimum Gasteiger partial charge on any atom is -0.398 e. The summed E-state index contributed by atoms with van der Waals surface area (Å²) in [5.41, 5.74) is 5.74. The number of rotatable bonds is 6. The molecule has 0 saturated heterocycles. The zero-order chi connectivity index (χ0) is 14.6. The third-order valence-electron chi connectivity index (χ3n) is 2.68. The fourth-order valence-corrected chi connectivity index (χ4v) is 3.61. The predicted octanol–water partition coefficient (Wildman–Crippen LogP) is 1.36. The van der Waals surface area contributed by atoms with Crippen molar-refractivity contribution in [1.29, 1.82) is 0 Å². The zero-order valence-corrected chi connectivity index (χ0v) is 13.1. The van der Waals surface area contributed by atoms with Gasteiger partial charge < -0.3 is 5.73 Å². The summed E-state index contributed by atoms with van der Waals surface area (Å²) in [6, 6.07) is 4.53. The van der Waals surface area contributed by atoms with Gasteiger partial charge >= 0.3 is 0 Å². The van der Waals surface area contributed by atoms with Gasteiger partial charge in [0.15, 0.2) is 0 Å². The Morgan fingerprint density at radius 2 is 2.11 bits per heavy atom. The van der Waals surface area contributed by atoms with E-state index in [-0.39, 0.29) is 27.4 Å². The molecule has 0 aliphatic carbocycles. The molecule has 0 spiro atoms. The van der Waals surface area contributed by atoms with Crippen molar-refractivity contribution in [2.24, 2.45) is 0 Å². The van der Waals surface area contributed by atoms with E-state index < -0.39 is 20.8 Å². The van der Waals surface area contributed by atoms with Gasteiger partial charge in [0, 0.05) is 28.9 Å². The predicted molar refractivity (Wildman–Crippen MR) is 79.2 cm³/mol. The van der Waals surface area contributed by atoms with Gasteiger partial charge in [-0.25, -0.2) is 13.1 Å². The van der Waals surface area contributed by atoms with Crippen LogP contribution in [0.4, 0.5) is 5.69 Å². The van der Waals surface area contributed by atoms with Gasteiger partial charge in [0.2, 0.25) is 10.0 Å². The minimum atomic E-state index is -3.75. The summed E-state index contributed by atoms with van der Waals surface area (Å²) in [4.78, 5) is -0.109. The second kappa shape index (κ2) is 6.69. The van der Waals surface area contributed by atoms with Crippen LogP contribution in [0.2, 0.25) is 5.02 Å². The first-order valence-corrected chi connectivity index (χ1v) is 9.10. The maximum Gasteiger partial charge on any atom is 0.244 e. The summed E-state index contributed by atoms with van der Waals surface area (Å²) < 4.78 is 37.7. The summed E-state index contributed by atoms with van der Waals surface area (Å²) in [5, 5.41) is 0.00547. The Hall–Kier alpha value is -0.630. The molecule has 0 radical (unpaired) electrons. The lowest BCUT2D eigenvalue weighted by atomic mass is 10.3. The lowest BCUT2D eigenvalue weighted by molar-refractivity contribution is 0.578. The van der Waals surface area contributed by atoms with Gasteiger partial charge in [0.1, 0.15) is 4.90 Å². The van der Waals surface area contributed by atoms with Crippen molar-refractivity contribution >= 4 is 38.1 Å². The molecule has 1 rings (SSSR count). The maximum absolute atomic E-state index is 12.1. The Kier molecular flexibility index (Phi) is 5.79. The standard InChI is InChI=1S/C11H17ClN2O3S2/c1-8(18(2)15)6-7-14-19(16,17)11-9(12)4-3-5-10(11)13/h3-5,8,14H,6-7,13H2,1-2H3. The Bertz CT molecular complexity index is 555. The average Bonchev–Trinajstić information content (AvgIpc) is 2.27. The molecule has 0 aromatic heterocycles. The molecule has 5 nitrogen and oxygen atoms in total. The van der Waals surface area contributed by atoms with Crippen molar-refractivity contribution in [2.45, 2.75) is 23.5 Å². The lowest BCUT2D eigenvalue weighted by Gasteiger charge is -2.12. The van der Waals surface area contributed by atoms with Crippen LogP contribution in [0.3, 0.4) is 0 Å². The molecule has 2 unspecified atom stereocenters. The van der Waals surface area contributed by atoms with Crippen molar-refractivity contribution in [2.75, 3.05) is 18.5 Å². The summed E-state index contributed by atoms with van der Waals surface area (Å²) in [6.07, 6.45) is 2.07. The first-order valence-electron chi connectivity index (χ1n) is 5.61. The SMILES string of the molecule is CC(CCNS(=O)(=O)c1c(N)cccc1Cl)S(C)=O. The van der Waals surface area contributed by atoms with E-state index >= 15 is 0 Å². The third-order valence-corrected chi connectivity index (χ3v) is 6.05. The molecule has 3 N–H and O–H groups in total. The molecule has 19 heavy (non-hydrogen) atoms. The van der Waals surface area contributed by atoms with Gasteiger partial charge in [-0.05, 0) is 18.6 Å². The fraction of sp³-hybridized carbons (Fsp3) is 0.455. The van der Waals surface area contributed by atoms with Crippen LogP contribution in [0.1, 0.15) is 13.3 Å². The van der Waals surface area contributed by atoms with Crippen molar-refractivity contribution < 1.29 is 12.6 Å². The van der Waals surface area contributed by atoms with Gasteiger partial charge in [-0.1, -0.05) is 24.6 Å². The summed E-state index contributed by atoms with van der Waals surface area (Å²) in [7, 11) is -4.73. The molecule has 1 aromatic rings. The van der Waals surface area contributed by atoms with Gasteiger partial charge in [0.05, 0.1) is 10.7 Å². The van der Waals surface area contributed by atoms with E-state index in [0.29, 0.717) is 6.42 Å². The molecule has 0 fully saturated rings. The smallest absolute Gasteiger partial charge is 0.244 e. The summed E-state index contributed by atoms with van der Waals surface area (Å²) in [5.74, 6) is 0. The normalized spacial score (nSPS) is 15.1. The lowest BCUT2D eigenvalue weighted by Crippen LogP contribution is -2.28. The number of nitrogens with two attached hydrogens (primary N) is 1. The van der Waals surface area contributed by atoms with Crippen LogP contribution in [-0.2, 0) is 20.8 Å². The molecule has 0 aliphatic rings. The second-order valence-electron chi connectivity index (χ2n) is 4.15. The first-order chi connectivity index (χ1) is 8.75. The summed E-state index contributed by atoms with van der Waals surface area (Å²) >= 11 is 5.86. The van der Waals surface area contributed by atoms with E-state index in [9.17, 15) is 12.6 Å². The van der Waals surface area contributed by atoms with Gasteiger partial charge in [-0.15, -0.1) is 0 Å². The minimum absolute atomic E-state index is 0.0775. The quantitative estimate of drug-likeness (QED) is 0.773. The number of halogens is 1. The molecule has 2 atom stereocenters. The fourth-order valence-electron chi connectivity index (χ4n) is 1.44. The van der Waals surface area contributed by atoms with Crippen molar-refractivity contribution in [3.8, 4) is 0 Å². The molecular formula is C11H17ClN2O3S2. The van der Waals surface area contributed by atoms with Crippen molar-refractivity contribution in [3.63, 3.8) is 0 Å². The molecule has 0 amide bonds. The second-order valence-corrected chi connectivity index (χ2v) is 8.07. The van der Waals surface area contributed by atoms with Gasteiger partial charge in [-0.3, -0.25) is 4.21 Å². The van der Waals surface area contributed by atoms with Crippen molar-refractivity contribution in [1.82, 2.24) is 4.72 Å². The Balaban J connectivity index is 2.80. The average molecular weight is 325 g/mol. The summed E-state index contributed by atoms with van der Waals surface area (Å²) in [6.45, 7) is 1.99. The Labute approximate surface area is 121 Å². The molecule has 108 valence electrons. The number of anilines is 1. The zero-order valence-electron chi connectivity index (χ0n) is 10.7. The van der Waals surface area contributed by atoms with E-state index in [4.69, 9.17) is 17.3 Å². The van der Waals surface area contributed by atoms with E-state index in [2.05, 4.69) is 4.72 Å². The molecule has 0 saturated carbocycles. The number of sulfonamides is 1. The van der Waals surface area contributed by atoms with E-state index in [1.54, 1.807) is 19.2 Å². The first kappa shape index (κ1) is 16.4. The number of hydrogen-bond donors (Lipinski definition) is 2. The topological polar surface area (TPSA) is 89.3 Å². The van der Waals surface area contributed by atoms with Crippen LogP contribution in [0, 0.1) is 0 Å². The highest BCUT2D eigenvalue weighted by molar-refractivity contribution is 7.89. The number of benzene rings is 1. The van der Waals surface area contributed by atoms with E-state index in [1.807, 2.05) is 0 Å². The molecule has 8 heteroatoms. The van der Waals surface area contributed by atoms with Gasteiger partial charge in [-0.2, -0.15) is 0 Å². The van der Waals surface area contributed by atoms with E-state index in [0.717, 1.165) is 0 Å². The molecule has 0 bridgehead atoms. The molecule has 1 aromatic carbocycles. The van der Waals surface area contributed by atoms with Gasteiger partial charge in [0.25, 0.3) is 0 Å². The van der Waals surface area contributed by atoms with Crippen LogP contribution < -0.4 is 10.5 Å². The monoisotopic (exact) mass is 324 g/mol. The molecular weight excluding hydrogens is 308 g/mol. The number of nitrogens with one attached hydrogen (secondary N) is 1. The highest BCUT2D eigenvalue weighted by atomic mass is 35.5. The number of nitrogen functional groups attached to an aromatic ring is 1. The Morgan fingerprint density at radius 1 is 1.47 bits per heavy atom.